The number of carbonyl (C=O) groups excluding carboxylic acids is 1. The van der Waals surface area contributed by atoms with Crippen molar-refractivity contribution in [3.05, 3.63) is 0 Å². The zero-order chi connectivity index (χ0) is 11.5. The molecule has 1 amide bonds. The Morgan fingerprint density at radius 1 is 1.47 bits per heavy atom. The molecule has 0 atom stereocenters. The second-order valence-electron chi connectivity index (χ2n) is 3.62. The summed E-state index contributed by atoms with van der Waals surface area (Å²) in [5, 5.41) is 11.2. The fourth-order valence-electron chi connectivity index (χ4n) is 1.10. The minimum Gasteiger partial charge on any atom is -0.353 e. The molecule has 15 heavy (non-hydrogen) atoms. The molecule has 0 aromatic heterocycles. The van der Waals surface area contributed by atoms with Crippen molar-refractivity contribution in [3.8, 4) is 6.07 Å². The molecule has 2 N–H and O–H groups in total. The van der Waals surface area contributed by atoms with Gasteiger partial charge in [0.25, 0.3) is 0 Å². The molecule has 1 fully saturated rings. The number of hydrogen-bond acceptors (Lipinski definition) is 4. The Hall–Kier alpha value is -1.13. The Bertz CT molecular complexity index is 392. The monoisotopic (exact) mass is 231 g/mol. The zero-order valence-corrected chi connectivity index (χ0v) is 9.23. The summed E-state index contributed by atoms with van der Waals surface area (Å²) in [6.45, 7) is 0.349. The summed E-state index contributed by atoms with van der Waals surface area (Å²) in [5.74, 6) is -0.305. The first kappa shape index (κ1) is 11.9. The van der Waals surface area contributed by atoms with Crippen molar-refractivity contribution in [1.29, 1.82) is 5.26 Å². The molecule has 1 aliphatic rings. The van der Waals surface area contributed by atoms with Gasteiger partial charge in [-0.3, -0.25) is 4.79 Å². The van der Waals surface area contributed by atoms with Gasteiger partial charge in [-0.05, 0) is 12.8 Å². The number of amides is 1. The van der Waals surface area contributed by atoms with E-state index in [-0.39, 0.29) is 19.0 Å². The quantitative estimate of drug-likeness (QED) is 0.590. The molecule has 84 valence electrons. The van der Waals surface area contributed by atoms with E-state index in [0.29, 0.717) is 12.8 Å². The van der Waals surface area contributed by atoms with Crippen molar-refractivity contribution in [1.82, 2.24) is 10.0 Å². The fourth-order valence-corrected chi connectivity index (χ4v) is 1.57. The second-order valence-corrected chi connectivity index (χ2v) is 5.45. The lowest BCUT2D eigenvalue weighted by Crippen LogP contribution is -2.37. The Kier molecular flexibility index (Phi) is 3.31. The standard InChI is InChI=1S/C8H13N3O3S/c1-15(13,14)11-5-4-10-7(12)8(6-9)2-3-8/h11H,2-5H2,1H3,(H,10,12). The summed E-state index contributed by atoms with van der Waals surface area (Å²) < 4.78 is 23.6. The lowest BCUT2D eigenvalue weighted by Gasteiger charge is -2.07. The van der Waals surface area contributed by atoms with Crippen molar-refractivity contribution in [3.63, 3.8) is 0 Å². The van der Waals surface area contributed by atoms with E-state index in [1.54, 1.807) is 0 Å². The zero-order valence-electron chi connectivity index (χ0n) is 8.41. The van der Waals surface area contributed by atoms with Crippen LogP contribution in [-0.4, -0.2) is 33.7 Å². The maximum atomic E-state index is 11.4. The molecule has 0 heterocycles. The summed E-state index contributed by atoms with van der Waals surface area (Å²) in [6.07, 6.45) is 2.23. The highest BCUT2D eigenvalue weighted by Crippen LogP contribution is 2.44. The predicted octanol–water partition coefficient (Wildman–Crippen LogP) is -1.04. The molecule has 1 saturated carbocycles. The van der Waals surface area contributed by atoms with Crippen molar-refractivity contribution >= 4 is 15.9 Å². The van der Waals surface area contributed by atoms with Crippen molar-refractivity contribution in [2.24, 2.45) is 5.41 Å². The predicted molar refractivity (Wildman–Crippen MR) is 53.1 cm³/mol. The first-order chi connectivity index (χ1) is 6.90. The molecule has 0 saturated heterocycles. The molecular formula is C8H13N3O3S. The van der Waals surface area contributed by atoms with Gasteiger partial charge in [-0.2, -0.15) is 5.26 Å². The van der Waals surface area contributed by atoms with Crippen LogP contribution < -0.4 is 10.0 Å². The topological polar surface area (TPSA) is 99.1 Å². The van der Waals surface area contributed by atoms with E-state index in [1.807, 2.05) is 6.07 Å². The molecule has 1 rings (SSSR count). The average Bonchev–Trinajstić information content (AvgIpc) is 2.91. The Morgan fingerprint density at radius 2 is 2.07 bits per heavy atom. The third-order valence-electron chi connectivity index (χ3n) is 2.17. The second kappa shape index (κ2) is 4.16. The number of hydrogen-bond donors (Lipinski definition) is 2. The highest BCUT2D eigenvalue weighted by molar-refractivity contribution is 7.88. The smallest absolute Gasteiger partial charge is 0.240 e. The summed E-state index contributed by atoms with van der Waals surface area (Å²) in [5.41, 5.74) is -0.842. The van der Waals surface area contributed by atoms with Crippen LogP contribution in [0.25, 0.3) is 0 Å². The van der Waals surface area contributed by atoms with Crippen LogP contribution in [0.15, 0.2) is 0 Å². The summed E-state index contributed by atoms with van der Waals surface area (Å²) in [7, 11) is -3.21. The molecule has 6 nitrogen and oxygen atoms in total. The molecule has 0 unspecified atom stereocenters. The van der Waals surface area contributed by atoms with Crippen LogP contribution in [0.2, 0.25) is 0 Å². The Labute approximate surface area is 88.7 Å². The maximum absolute atomic E-state index is 11.4. The van der Waals surface area contributed by atoms with Crippen molar-refractivity contribution in [2.75, 3.05) is 19.3 Å². The highest BCUT2D eigenvalue weighted by Gasteiger charge is 2.50. The van der Waals surface area contributed by atoms with Gasteiger partial charge in [0.2, 0.25) is 15.9 Å². The molecule has 7 heteroatoms. The lowest BCUT2D eigenvalue weighted by atomic mass is 10.1. The highest BCUT2D eigenvalue weighted by atomic mass is 32.2. The third-order valence-corrected chi connectivity index (χ3v) is 2.90. The largest absolute Gasteiger partial charge is 0.353 e. The normalized spacial score (nSPS) is 17.9. The summed E-state index contributed by atoms with van der Waals surface area (Å²) in [4.78, 5) is 11.4. The third kappa shape index (κ3) is 3.49. The van der Waals surface area contributed by atoms with Crippen LogP contribution in [0.5, 0.6) is 0 Å². The number of nitrogens with zero attached hydrogens (tertiary/aromatic N) is 1. The molecule has 1 aliphatic carbocycles. The molecule has 0 aliphatic heterocycles. The Balaban J connectivity index is 2.22. The molecule has 0 bridgehead atoms. The van der Waals surface area contributed by atoms with Crippen LogP contribution in [-0.2, 0) is 14.8 Å². The number of rotatable bonds is 5. The van der Waals surface area contributed by atoms with Crippen LogP contribution in [0.4, 0.5) is 0 Å². The number of sulfonamides is 1. The van der Waals surface area contributed by atoms with Gasteiger partial charge in [0.1, 0.15) is 5.41 Å². The molecule has 0 aromatic rings. The lowest BCUT2D eigenvalue weighted by molar-refractivity contribution is -0.124. The van der Waals surface area contributed by atoms with E-state index in [4.69, 9.17) is 5.26 Å². The Morgan fingerprint density at radius 3 is 2.47 bits per heavy atom. The van der Waals surface area contributed by atoms with Gasteiger partial charge in [0, 0.05) is 13.1 Å². The van der Waals surface area contributed by atoms with Gasteiger partial charge >= 0.3 is 0 Å². The van der Waals surface area contributed by atoms with Gasteiger partial charge in [-0.25, -0.2) is 13.1 Å². The van der Waals surface area contributed by atoms with E-state index in [9.17, 15) is 13.2 Å². The maximum Gasteiger partial charge on any atom is 0.240 e. The SMILES string of the molecule is CS(=O)(=O)NCCNC(=O)C1(C#N)CC1. The van der Waals surface area contributed by atoms with E-state index < -0.39 is 15.4 Å². The van der Waals surface area contributed by atoms with E-state index >= 15 is 0 Å². The molecule has 0 aromatic carbocycles. The van der Waals surface area contributed by atoms with E-state index in [2.05, 4.69) is 10.0 Å². The van der Waals surface area contributed by atoms with Crippen molar-refractivity contribution in [2.45, 2.75) is 12.8 Å². The van der Waals surface area contributed by atoms with E-state index in [1.165, 1.54) is 0 Å². The van der Waals surface area contributed by atoms with Gasteiger partial charge < -0.3 is 5.32 Å². The summed E-state index contributed by atoms with van der Waals surface area (Å²) in [6, 6.07) is 1.96. The van der Waals surface area contributed by atoms with Gasteiger partial charge in [-0.1, -0.05) is 0 Å². The minimum atomic E-state index is -3.21. The molecular weight excluding hydrogens is 218 g/mol. The average molecular weight is 231 g/mol. The van der Waals surface area contributed by atoms with Crippen molar-refractivity contribution < 1.29 is 13.2 Å². The fraction of sp³-hybridized carbons (Fsp3) is 0.750. The summed E-state index contributed by atoms with van der Waals surface area (Å²) >= 11 is 0. The molecule has 0 radical (unpaired) electrons. The van der Waals surface area contributed by atoms with Crippen LogP contribution in [0.1, 0.15) is 12.8 Å². The van der Waals surface area contributed by atoms with Gasteiger partial charge in [0.05, 0.1) is 12.3 Å². The first-order valence-corrected chi connectivity index (χ1v) is 6.43. The van der Waals surface area contributed by atoms with Crippen LogP contribution in [0, 0.1) is 16.7 Å². The number of nitriles is 1. The number of carbonyl (C=O) groups is 1. The van der Waals surface area contributed by atoms with Gasteiger partial charge in [0.15, 0.2) is 0 Å². The van der Waals surface area contributed by atoms with Crippen LogP contribution in [0.3, 0.4) is 0 Å². The first-order valence-electron chi connectivity index (χ1n) is 4.54. The molecule has 0 spiro atoms. The number of nitrogens with one attached hydrogen (secondary N) is 2. The van der Waals surface area contributed by atoms with Crippen LogP contribution >= 0.6 is 0 Å². The van der Waals surface area contributed by atoms with Gasteiger partial charge in [-0.15, -0.1) is 0 Å². The minimum absolute atomic E-state index is 0.145. The van der Waals surface area contributed by atoms with E-state index in [0.717, 1.165) is 6.26 Å².